The van der Waals surface area contributed by atoms with Gasteiger partial charge in [0.1, 0.15) is 73.9 Å². The standard InChI is InChI=1S/C65H78N6O33/c1-30(72)85-27-45-50(90-33(4)75)54(91-34(5)76)58(95-38(9)80)64(99-45)104-52-47(29-87-32(3)74)100-65(59(96-39(10)81)56(52)93-36(7)78)103-51-46(28-86-31(2)73)98-63(57(94-37(8)79)55(51)92-35(6)77)89-26-43-23-71(69-67-43)24-44-49(101-60(83)40-18-14-12-15-19-40)48(82)53(102-61(84)41-20-16-13-17-21-41)62(97-44)88-25-42-22-70(11)68-66-42/h12-23,44-59,62-65,82H,24-29H2,1-11H3/t44-,45?,46?,47?,48+,49-,50+,51+,52+,53+,54?,55?,56?,57?,58?,59?,62+,63+,64+,65+/m0/s1. The molecule has 9 unspecified atom stereocenters. The second-order valence-corrected chi connectivity index (χ2v) is 23.7. The smallest absolute Gasteiger partial charge is 0.338 e. The van der Waals surface area contributed by atoms with Gasteiger partial charge in [0.15, 0.2) is 80.1 Å². The third-order valence-electron chi connectivity index (χ3n) is 15.3. The van der Waals surface area contributed by atoms with Crippen LogP contribution < -0.4 is 0 Å². The predicted molar refractivity (Wildman–Crippen MR) is 331 cm³/mol. The summed E-state index contributed by atoms with van der Waals surface area (Å²) in [4.78, 5) is 156. The Morgan fingerprint density at radius 2 is 0.712 bits per heavy atom. The average molecular weight is 1470 g/mol. The minimum Gasteiger partial charge on any atom is -0.463 e. The Morgan fingerprint density at radius 1 is 0.375 bits per heavy atom. The SMILES string of the molecule is CC(=O)OCC1O[C@H](O[C@@H]2C(COC(C)=O)O[C@H](O[C@@H]3C(COC(C)=O)O[C@@H](OCc4cn(C[C@@H]5O[C@@H](OCc6cn(C)nn6)[C@H](OC(=O)c6ccccc6)[C@H](O)[C@H]5OC(=O)c5ccccc5)nn4)C(OC(C)=O)C3OC(C)=O)C(OC(C)=O)C2OC(C)=O)C(OC(C)=O)C(OC(C)=O)[C@@H]1OC(C)=O. The molecular formula is C65H78N6O33. The molecule has 0 spiro atoms. The average Bonchev–Trinajstić information content (AvgIpc) is 0.860. The number of nitrogens with zero attached hydrogens (tertiary/aromatic N) is 6. The van der Waals surface area contributed by atoms with E-state index in [-0.39, 0.29) is 30.0 Å². The van der Waals surface area contributed by atoms with Crippen molar-refractivity contribution in [2.45, 2.75) is 212 Å². The van der Waals surface area contributed by atoms with Crippen molar-refractivity contribution < 1.29 is 157 Å². The molecule has 4 aromatic rings. The first-order chi connectivity index (χ1) is 49.4. The molecule has 39 nitrogen and oxygen atoms in total. The molecule has 0 aliphatic carbocycles. The Balaban J connectivity index is 1.11. The summed E-state index contributed by atoms with van der Waals surface area (Å²) in [6.07, 6.45) is -33.6. The third kappa shape index (κ3) is 22.3. The lowest BCUT2D eigenvalue weighted by atomic mass is 9.95. The highest BCUT2D eigenvalue weighted by atomic mass is 16.8. The minimum atomic E-state index is -2.15. The van der Waals surface area contributed by atoms with Crippen LogP contribution in [0.25, 0.3) is 0 Å². The molecule has 104 heavy (non-hydrogen) atoms. The first-order valence-electron chi connectivity index (χ1n) is 32.1. The number of aliphatic hydroxyl groups excluding tert-OH is 1. The molecule has 566 valence electrons. The molecule has 1 N–H and O–H groups in total. The lowest BCUT2D eigenvalue weighted by molar-refractivity contribution is -0.380. The zero-order valence-corrected chi connectivity index (χ0v) is 57.9. The van der Waals surface area contributed by atoms with Crippen molar-refractivity contribution in [3.05, 3.63) is 95.6 Å². The second kappa shape index (κ2) is 36.9. The van der Waals surface area contributed by atoms with Gasteiger partial charge >= 0.3 is 71.6 Å². The van der Waals surface area contributed by atoms with Gasteiger partial charge in [-0.25, -0.2) is 14.3 Å². The molecule has 4 fully saturated rings. The molecule has 0 amide bonds. The molecular weight excluding hydrogens is 1390 g/mol. The maximum atomic E-state index is 13.8. The molecule has 0 radical (unpaired) electrons. The number of ether oxygens (including phenoxy) is 20. The van der Waals surface area contributed by atoms with Gasteiger partial charge in [0, 0.05) is 76.3 Å². The molecule has 39 heteroatoms. The number of aromatic nitrogens is 6. The summed E-state index contributed by atoms with van der Waals surface area (Å²) in [6, 6.07) is 15.6. The van der Waals surface area contributed by atoms with Gasteiger partial charge < -0.3 is 99.8 Å². The molecule has 2 aromatic carbocycles. The van der Waals surface area contributed by atoms with Gasteiger partial charge in [0.2, 0.25) is 0 Å². The second-order valence-electron chi connectivity index (χ2n) is 23.7. The fourth-order valence-corrected chi connectivity index (χ4v) is 11.3. The van der Waals surface area contributed by atoms with Crippen molar-refractivity contribution in [3.8, 4) is 0 Å². The van der Waals surface area contributed by atoms with Crippen molar-refractivity contribution >= 4 is 71.6 Å². The monoisotopic (exact) mass is 1470 g/mol. The minimum absolute atomic E-state index is 0.0100. The number of rotatable bonds is 29. The van der Waals surface area contributed by atoms with Gasteiger partial charge in [0.05, 0.1) is 43.3 Å². The number of hydrogen-bond acceptors (Lipinski definition) is 37. The van der Waals surface area contributed by atoms with Gasteiger partial charge in [-0.1, -0.05) is 46.8 Å². The highest BCUT2D eigenvalue weighted by Crippen LogP contribution is 2.39. The Kier molecular flexibility index (Phi) is 28.3. The van der Waals surface area contributed by atoms with Crippen LogP contribution in [0.3, 0.4) is 0 Å². The third-order valence-corrected chi connectivity index (χ3v) is 15.3. The summed E-state index contributed by atoms with van der Waals surface area (Å²) >= 11 is 0. The Morgan fingerprint density at radius 3 is 1.12 bits per heavy atom. The fraction of sp³-hybridized carbons (Fsp3) is 0.569. The lowest BCUT2D eigenvalue weighted by Crippen LogP contribution is -2.69. The number of aryl methyl sites for hydroxylation is 1. The lowest BCUT2D eigenvalue weighted by Gasteiger charge is -2.50. The summed E-state index contributed by atoms with van der Waals surface area (Å²) in [5.41, 5.74) is 0.493. The highest BCUT2D eigenvalue weighted by Gasteiger charge is 2.61. The van der Waals surface area contributed by atoms with Crippen LogP contribution >= 0.6 is 0 Å². The van der Waals surface area contributed by atoms with Gasteiger partial charge in [0.25, 0.3) is 0 Å². The van der Waals surface area contributed by atoms with E-state index in [9.17, 15) is 62.6 Å². The number of carbonyl (C=O) groups is 12. The van der Waals surface area contributed by atoms with Crippen LogP contribution in [0.1, 0.15) is 101 Å². The van der Waals surface area contributed by atoms with E-state index in [1.54, 1.807) is 49.6 Å². The van der Waals surface area contributed by atoms with Crippen molar-refractivity contribution in [2.75, 3.05) is 19.8 Å². The van der Waals surface area contributed by atoms with Crippen LogP contribution in [-0.4, -0.2) is 249 Å². The number of esters is 12. The first-order valence-corrected chi connectivity index (χ1v) is 32.1. The Hall–Kier alpha value is -10.0. The highest BCUT2D eigenvalue weighted by molar-refractivity contribution is 5.90. The molecule has 6 heterocycles. The summed E-state index contributed by atoms with van der Waals surface area (Å²) in [5, 5.41) is 28.6. The van der Waals surface area contributed by atoms with Crippen LogP contribution in [0.5, 0.6) is 0 Å². The Labute approximate surface area is 591 Å². The van der Waals surface area contributed by atoms with E-state index in [2.05, 4.69) is 20.6 Å². The van der Waals surface area contributed by atoms with Crippen LogP contribution in [0.15, 0.2) is 73.1 Å². The quantitative estimate of drug-likeness (QED) is 0.0545. The first kappa shape index (κ1) is 79.7. The Bertz CT molecular complexity index is 3670. The van der Waals surface area contributed by atoms with Crippen LogP contribution in [0, 0.1) is 0 Å². The number of hydrogen-bond donors (Lipinski definition) is 1. The molecule has 20 atom stereocenters. The molecule has 8 rings (SSSR count). The van der Waals surface area contributed by atoms with Gasteiger partial charge in [-0.15, -0.1) is 10.2 Å². The van der Waals surface area contributed by atoms with E-state index in [0.717, 1.165) is 69.2 Å². The van der Waals surface area contributed by atoms with E-state index in [0.29, 0.717) is 5.69 Å². The zero-order chi connectivity index (χ0) is 75.6. The summed E-state index contributed by atoms with van der Waals surface area (Å²) in [7, 11) is 1.62. The molecule has 4 saturated heterocycles. The molecule has 2 aromatic heterocycles. The van der Waals surface area contributed by atoms with Crippen molar-refractivity contribution in [2.24, 2.45) is 7.05 Å². The topological polar surface area (TPSA) is 471 Å². The van der Waals surface area contributed by atoms with Crippen LogP contribution in [0.4, 0.5) is 0 Å². The maximum Gasteiger partial charge on any atom is 0.338 e. The maximum absolute atomic E-state index is 13.8. The van der Waals surface area contributed by atoms with E-state index in [1.165, 1.54) is 39.8 Å². The van der Waals surface area contributed by atoms with Crippen molar-refractivity contribution in [3.63, 3.8) is 0 Å². The number of benzene rings is 2. The van der Waals surface area contributed by atoms with Crippen LogP contribution in [0.2, 0.25) is 0 Å². The van der Waals surface area contributed by atoms with Crippen molar-refractivity contribution in [1.82, 2.24) is 30.0 Å². The number of aliphatic hydroxyl groups is 1. The van der Waals surface area contributed by atoms with Gasteiger partial charge in [-0.05, 0) is 24.3 Å². The summed E-state index contributed by atoms with van der Waals surface area (Å²) < 4.78 is 121. The predicted octanol–water partition coefficient (Wildman–Crippen LogP) is -0.167. The normalized spacial score (nSPS) is 28.7. The zero-order valence-electron chi connectivity index (χ0n) is 57.9. The van der Waals surface area contributed by atoms with Gasteiger partial charge in [-0.2, -0.15) is 0 Å². The molecule has 0 saturated carbocycles. The van der Waals surface area contributed by atoms with E-state index in [4.69, 9.17) is 94.7 Å². The van der Waals surface area contributed by atoms with Gasteiger partial charge in [-0.3, -0.25) is 52.6 Å². The summed E-state index contributed by atoms with van der Waals surface area (Å²) in [5.74, 6) is -11.9. The molecule has 0 bridgehead atoms. The van der Waals surface area contributed by atoms with E-state index >= 15 is 0 Å². The fourth-order valence-electron chi connectivity index (χ4n) is 11.3. The van der Waals surface area contributed by atoms with E-state index < -0.39 is 221 Å². The summed E-state index contributed by atoms with van der Waals surface area (Å²) in [6.45, 7) is 6.04. The van der Waals surface area contributed by atoms with E-state index in [1.807, 2.05) is 0 Å². The molecule has 4 aliphatic heterocycles. The largest absolute Gasteiger partial charge is 0.463 e. The molecule has 4 aliphatic rings. The number of carbonyl (C=O) groups excluding carboxylic acids is 12. The van der Waals surface area contributed by atoms with Crippen molar-refractivity contribution in [1.29, 1.82) is 0 Å². The van der Waals surface area contributed by atoms with Crippen LogP contribution in [-0.2, 0) is 169 Å².